The lowest BCUT2D eigenvalue weighted by molar-refractivity contribution is -0.117. The van der Waals surface area contributed by atoms with Crippen molar-refractivity contribution in [2.24, 2.45) is 5.92 Å². The van der Waals surface area contributed by atoms with Crippen LogP contribution in [0.4, 0.5) is 5.13 Å². The molecule has 1 aliphatic rings. The minimum Gasteiger partial charge on any atom is -0.342 e. The van der Waals surface area contributed by atoms with E-state index in [-0.39, 0.29) is 5.91 Å². The standard InChI is InChI=1S/C21H27N5OS/c1-3-16-14(2)28-21(24-16)25-20(27)13-26-10-6-7-15(12-26)11-19-22-17-8-4-5-9-18(17)23-19/h4-5,8-9,15H,3,6-7,10-13H2,1-2H3,(H,22,23)(H,24,25,27). The highest BCUT2D eigenvalue weighted by Gasteiger charge is 2.23. The highest BCUT2D eigenvalue weighted by atomic mass is 32.1. The molecular formula is C21H27N5OS. The second kappa shape index (κ2) is 8.41. The van der Waals surface area contributed by atoms with Crippen molar-refractivity contribution in [2.45, 2.75) is 39.5 Å². The summed E-state index contributed by atoms with van der Waals surface area (Å²) >= 11 is 1.56. The van der Waals surface area contributed by atoms with Gasteiger partial charge in [-0.15, -0.1) is 11.3 Å². The molecule has 1 fully saturated rings. The van der Waals surface area contributed by atoms with Crippen LogP contribution in [0.3, 0.4) is 0 Å². The van der Waals surface area contributed by atoms with Crippen molar-refractivity contribution in [2.75, 3.05) is 25.0 Å². The van der Waals surface area contributed by atoms with Crippen LogP contribution in [0.25, 0.3) is 11.0 Å². The molecular weight excluding hydrogens is 370 g/mol. The van der Waals surface area contributed by atoms with E-state index in [0.717, 1.165) is 60.0 Å². The third-order valence-corrected chi connectivity index (χ3v) is 6.29. The van der Waals surface area contributed by atoms with Gasteiger partial charge in [0.05, 0.1) is 23.3 Å². The number of fused-ring (bicyclic) bond motifs is 1. The predicted octanol–water partition coefficient (Wildman–Crippen LogP) is 3.78. The number of nitrogens with one attached hydrogen (secondary N) is 2. The fourth-order valence-electron chi connectivity index (χ4n) is 4.01. The van der Waals surface area contributed by atoms with Gasteiger partial charge in [-0.1, -0.05) is 19.1 Å². The Hall–Kier alpha value is -2.25. The first kappa shape index (κ1) is 19.1. The number of para-hydroxylation sites is 2. The summed E-state index contributed by atoms with van der Waals surface area (Å²) in [6, 6.07) is 8.14. The molecule has 3 aromatic rings. The summed E-state index contributed by atoms with van der Waals surface area (Å²) < 4.78 is 0. The van der Waals surface area contributed by atoms with E-state index in [2.05, 4.69) is 40.1 Å². The normalized spacial score (nSPS) is 17.9. The maximum absolute atomic E-state index is 12.5. The molecule has 7 heteroatoms. The number of amides is 1. The number of hydrogen-bond acceptors (Lipinski definition) is 5. The average molecular weight is 398 g/mol. The molecule has 0 bridgehead atoms. The Bertz CT molecular complexity index is 930. The number of imidazole rings is 1. The number of benzene rings is 1. The number of piperidine rings is 1. The van der Waals surface area contributed by atoms with Crippen LogP contribution >= 0.6 is 11.3 Å². The molecule has 3 heterocycles. The molecule has 2 N–H and O–H groups in total. The minimum absolute atomic E-state index is 0.0285. The number of rotatable bonds is 6. The average Bonchev–Trinajstić information content (AvgIpc) is 3.23. The zero-order valence-electron chi connectivity index (χ0n) is 16.5. The van der Waals surface area contributed by atoms with E-state index >= 15 is 0 Å². The van der Waals surface area contributed by atoms with Crippen LogP contribution in [0, 0.1) is 12.8 Å². The summed E-state index contributed by atoms with van der Waals surface area (Å²) in [5, 5.41) is 3.69. The van der Waals surface area contributed by atoms with Crippen LogP contribution < -0.4 is 5.32 Å². The van der Waals surface area contributed by atoms with Crippen molar-refractivity contribution in [3.05, 3.63) is 40.7 Å². The van der Waals surface area contributed by atoms with E-state index in [9.17, 15) is 4.79 Å². The zero-order valence-corrected chi connectivity index (χ0v) is 17.3. The van der Waals surface area contributed by atoms with Gasteiger partial charge in [-0.2, -0.15) is 0 Å². The lowest BCUT2D eigenvalue weighted by atomic mass is 9.94. The predicted molar refractivity (Wildman–Crippen MR) is 114 cm³/mol. The van der Waals surface area contributed by atoms with Crippen molar-refractivity contribution in [3.8, 4) is 0 Å². The first-order valence-electron chi connectivity index (χ1n) is 10.0. The van der Waals surface area contributed by atoms with Crippen molar-refractivity contribution < 1.29 is 4.79 Å². The van der Waals surface area contributed by atoms with E-state index in [4.69, 9.17) is 4.98 Å². The SMILES string of the molecule is CCc1nc(NC(=O)CN2CCCC(Cc3nc4ccccc4[nH]3)C2)sc1C. The lowest BCUT2D eigenvalue weighted by Gasteiger charge is -2.31. The molecule has 28 heavy (non-hydrogen) atoms. The number of aromatic amines is 1. The number of hydrogen-bond donors (Lipinski definition) is 2. The number of aryl methyl sites for hydroxylation is 2. The number of anilines is 1. The number of aromatic nitrogens is 3. The summed E-state index contributed by atoms with van der Waals surface area (Å²) in [5.41, 5.74) is 3.19. The molecule has 1 atom stereocenters. The minimum atomic E-state index is 0.0285. The molecule has 1 aromatic carbocycles. The monoisotopic (exact) mass is 397 g/mol. The summed E-state index contributed by atoms with van der Waals surface area (Å²) in [7, 11) is 0. The van der Waals surface area contributed by atoms with Crippen LogP contribution in [0.1, 0.15) is 36.2 Å². The van der Waals surface area contributed by atoms with E-state index in [0.29, 0.717) is 12.5 Å². The molecule has 148 valence electrons. The van der Waals surface area contributed by atoms with Crippen molar-refractivity contribution in [1.29, 1.82) is 0 Å². The van der Waals surface area contributed by atoms with Gasteiger partial charge in [-0.05, 0) is 50.8 Å². The van der Waals surface area contributed by atoms with Crippen LogP contribution in [-0.2, 0) is 17.6 Å². The zero-order chi connectivity index (χ0) is 19.5. The Labute approximate surface area is 169 Å². The van der Waals surface area contributed by atoms with Crippen LogP contribution in [0.5, 0.6) is 0 Å². The molecule has 1 amide bonds. The van der Waals surface area contributed by atoms with Crippen LogP contribution in [0.15, 0.2) is 24.3 Å². The number of thiazole rings is 1. The number of likely N-dealkylation sites (tertiary alicyclic amines) is 1. The first-order valence-corrected chi connectivity index (χ1v) is 10.8. The molecule has 1 saturated heterocycles. The number of nitrogens with zero attached hydrogens (tertiary/aromatic N) is 3. The van der Waals surface area contributed by atoms with Gasteiger partial charge in [-0.25, -0.2) is 9.97 Å². The summed E-state index contributed by atoms with van der Waals surface area (Å²) in [6.07, 6.45) is 4.13. The Morgan fingerprint density at radius 2 is 2.21 bits per heavy atom. The lowest BCUT2D eigenvalue weighted by Crippen LogP contribution is -2.41. The molecule has 0 aliphatic carbocycles. The highest BCUT2D eigenvalue weighted by molar-refractivity contribution is 7.15. The molecule has 1 aliphatic heterocycles. The first-order chi connectivity index (χ1) is 13.6. The Kier molecular flexibility index (Phi) is 5.73. The van der Waals surface area contributed by atoms with Gasteiger partial charge in [0, 0.05) is 17.8 Å². The molecule has 4 rings (SSSR count). The van der Waals surface area contributed by atoms with Gasteiger partial charge in [-0.3, -0.25) is 9.69 Å². The van der Waals surface area contributed by atoms with Gasteiger partial charge in [0.25, 0.3) is 0 Å². The van der Waals surface area contributed by atoms with Crippen molar-refractivity contribution in [3.63, 3.8) is 0 Å². The number of carbonyl (C=O) groups is 1. The van der Waals surface area contributed by atoms with Gasteiger partial charge in [0.2, 0.25) is 5.91 Å². The second-order valence-electron chi connectivity index (χ2n) is 7.57. The third-order valence-electron chi connectivity index (χ3n) is 5.36. The highest BCUT2D eigenvalue weighted by Crippen LogP contribution is 2.23. The largest absolute Gasteiger partial charge is 0.342 e. The molecule has 0 spiro atoms. The molecule has 1 unspecified atom stereocenters. The van der Waals surface area contributed by atoms with E-state index < -0.39 is 0 Å². The second-order valence-corrected chi connectivity index (χ2v) is 8.77. The molecule has 2 aromatic heterocycles. The Balaban J connectivity index is 1.32. The topological polar surface area (TPSA) is 73.9 Å². The van der Waals surface area contributed by atoms with E-state index in [1.165, 1.54) is 11.3 Å². The smallest absolute Gasteiger partial charge is 0.240 e. The van der Waals surface area contributed by atoms with Gasteiger partial charge < -0.3 is 10.3 Å². The quantitative estimate of drug-likeness (QED) is 0.664. The fraction of sp³-hybridized carbons (Fsp3) is 0.476. The maximum Gasteiger partial charge on any atom is 0.240 e. The van der Waals surface area contributed by atoms with Gasteiger partial charge in [0.15, 0.2) is 5.13 Å². The third kappa shape index (κ3) is 4.42. The Morgan fingerprint density at radius 1 is 1.36 bits per heavy atom. The van der Waals surface area contributed by atoms with Gasteiger partial charge in [0.1, 0.15) is 5.82 Å². The van der Waals surface area contributed by atoms with E-state index in [1.54, 1.807) is 11.3 Å². The van der Waals surface area contributed by atoms with E-state index in [1.807, 2.05) is 18.2 Å². The summed E-state index contributed by atoms with van der Waals surface area (Å²) in [6.45, 7) is 6.47. The fourth-order valence-corrected chi connectivity index (χ4v) is 4.93. The van der Waals surface area contributed by atoms with Crippen LogP contribution in [0.2, 0.25) is 0 Å². The number of H-pyrrole nitrogens is 1. The van der Waals surface area contributed by atoms with Crippen molar-refractivity contribution >= 4 is 33.4 Å². The molecule has 0 radical (unpaired) electrons. The molecule has 0 saturated carbocycles. The number of carbonyl (C=O) groups excluding carboxylic acids is 1. The van der Waals surface area contributed by atoms with Gasteiger partial charge >= 0.3 is 0 Å². The summed E-state index contributed by atoms with van der Waals surface area (Å²) in [5.74, 6) is 1.60. The molecule has 6 nitrogen and oxygen atoms in total. The van der Waals surface area contributed by atoms with Crippen LogP contribution in [-0.4, -0.2) is 45.4 Å². The maximum atomic E-state index is 12.5. The summed E-state index contributed by atoms with van der Waals surface area (Å²) in [4.78, 5) is 28.6. The Morgan fingerprint density at radius 3 is 3.00 bits per heavy atom. The van der Waals surface area contributed by atoms with Crippen molar-refractivity contribution in [1.82, 2.24) is 19.9 Å².